The summed E-state index contributed by atoms with van der Waals surface area (Å²) in [7, 11) is 0. The van der Waals surface area contributed by atoms with Gasteiger partial charge in [0.1, 0.15) is 5.75 Å². The molecule has 5 heteroatoms. The molecule has 20 heavy (non-hydrogen) atoms. The van der Waals surface area contributed by atoms with Gasteiger partial charge >= 0.3 is 6.61 Å². The number of hydrogen-bond acceptors (Lipinski definition) is 2. The number of aryl methyl sites for hydroxylation is 1. The summed E-state index contributed by atoms with van der Waals surface area (Å²) in [6, 6.07) is 12.6. The summed E-state index contributed by atoms with van der Waals surface area (Å²) in [6.07, 6.45) is 0. The van der Waals surface area contributed by atoms with Crippen molar-refractivity contribution < 1.29 is 13.5 Å². The number of ether oxygens (including phenoxy) is 1. The highest BCUT2D eigenvalue weighted by atomic mass is 79.9. The molecule has 0 atom stereocenters. The van der Waals surface area contributed by atoms with Gasteiger partial charge in [-0.2, -0.15) is 8.78 Å². The van der Waals surface area contributed by atoms with Crippen LogP contribution in [0.3, 0.4) is 0 Å². The summed E-state index contributed by atoms with van der Waals surface area (Å²) in [6.45, 7) is -0.114. The topological polar surface area (TPSA) is 21.3 Å². The first kappa shape index (κ1) is 14.8. The Morgan fingerprint density at radius 2 is 1.85 bits per heavy atom. The van der Waals surface area contributed by atoms with Gasteiger partial charge in [-0.05, 0) is 48.4 Å². The van der Waals surface area contributed by atoms with E-state index in [0.29, 0.717) is 6.54 Å². The third kappa shape index (κ3) is 4.20. The van der Waals surface area contributed by atoms with Gasteiger partial charge < -0.3 is 10.1 Å². The standard InChI is InChI=1S/C15H14BrF2NO/c1-10-2-3-11(14(16)8-10)9-19-12-4-6-13(7-5-12)20-15(17)18/h2-8,15,19H,9H2,1H3. The van der Waals surface area contributed by atoms with Gasteiger partial charge in [-0.15, -0.1) is 0 Å². The monoisotopic (exact) mass is 341 g/mol. The minimum Gasteiger partial charge on any atom is -0.435 e. The molecule has 2 nitrogen and oxygen atoms in total. The van der Waals surface area contributed by atoms with Crippen LogP contribution in [0.25, 0.3) is 0 Å². The van der Waals surface area contributed by atoms with Gasteiger partial charge in [0.2, 0.25) is 0 Å². The molecule has 2 rings (SSSR count). The highest BCUT2D eigenvalue weighted by molar-refractivity contribution is 9.10. The van der Waals surface area contributed by atoms with Crippen LogP contribution in [-0.2, 0) is 6.54 Å². The van der Waals surface area contributed by atoms with E-state index in [4.69, 9.17) is 0 Å². The Morgan fingerprint density at radius 3 is 2.45 bits per heavy atom. The molecule has 0 bridgehead atoms. The molecule has 0 saturated carbocycles. The van der Waals surface area contributed by atoms with E-state index < -0.39 is 6.61 Å². The number of nitrogens with one attached hydrogen (secondary N) is 1. The fourth-order valence-corrected chi connectivity index (χ4v) is 2.38. The third-order valence-electron chi connectivity index (χ3n) is 2.77. The predicted molar refractivity (Wildman–Crippen MR) is 79.3 cm³/mol. The van der Waals surface area contributed by atoms with E-state index >= 15 is 0 Å². The Kier molecular flexibility index (Phi) is 4.95. The summed E-state index contributed by atoms with van der Waals surface area (Å²) in [4.78, 5) is 0. The number of rotatable bonds is 5. The second-order valence-corrected chi connectivity index (χ2v) is 5.21. The molecule has 0 radical (unpaired) electrons. The summed E-state index contributed by atoms with van der Waals surface area (Å²) in [5, 5.41) is 3.23. The van der Waals surface area contributed by atoms with Crippen molar-refractivity contribution in [1.29, 1.82) is 0 Å². The van der Waals surface area contributed by atoms with Crippen molar-refractivity contribution >= 4 is 21.6 Å². The Hall–Kier alpha value is -1.62. The second kappa shape index (κ2) is 6.70. The number of alkyl halides is 2. The minimum atomic E-state index is -2.79. The second-order valence-electron chi connectivity index (χ2n) is 4.35. The smallest absolute Gasteiger partial charge is 0.387 e. The van der Waals surface area contributed by atoms with Crippen molar-refractivity contribution in [3.8, 4) is 5.75 Å². The van der Waals surface area contributed by atoms with Crippen LogP contribution < -0.4 is 10.1 Å². The molecular formula is C15H14BrF2NO. The zero-order valence-corrected chi connectivity index (χ0v) is 12.5. The van der Waals surface area contributed by atoms with Crippen LogP contribution >= 0.6 is 15.9 Å². The van der Waals surface area contributed by atoms with E-state index in [-0.39, 0.29) is 5.75 Å². The first-order valence-corrected chi connectivity index (χ1v) is 6.87. The molecule has 0 amide bonds. The lowest BCUT2D eigenvalue weighted by Gasteiger charge is -2.10. The van der Waals surface area contributed by atoms with Crippen molar-refractivity contribution in [1.82, 2.24) is 0 Å². The molecule has 0 saturated heterocycles. The number of halogens is 3. The van der Waals surface area contributed by atoms with Gasteiger partial charge in [-0.25, -0.2) is 0 Å². The van der Waals surface area contributed by atoms with E-state index in [0.717, 1.165) is 15.7 Å². The van der Waals surface area contributed by atoms with Gasteiger partial charge in [0.05, 0.1) is 0 Å². The van der Waals surface area contributed by atoms with E-state index in [2.05, 4.69) is 32.0 Å². The van der Waals surface area contributed by atoms with Crippen LogP contribution in [-0.4, -0.2) is 6.61 Å². The third-order valence-corrected chi connectivity index (χ3v) is 3.51. The lowest BCUT2D eigenvalue weighted by atomic mass is 10.1. The first-order chi connectivity index (χ1) is 9.54. The molecule has 0 fully saturated rings. The molecule has 0 aliphatic carbocycles. The maximum Gasteiger partial charge on any atom is 0.387 e. The maximum absolute atomic E-state index is 12.0. The van der Waals surface area contributed by atoms with Gasteiger partial charge in [-0.1, -0.05) is 28.1 Å². The molecule has 0 aromatic heterocycles. The molecule has 2 aromatic carbocycles. The fourth-order valence-electron chi connectivity index (χ4n) is 1.75. The van der Waals surface area contributed by atoms with Gasteiger partial charge in [0, 0.05) is 16.7 Å². The lowest BCUT2D eigenvalue weighted by molar-refractivity contribution is -0.0498. The molecule has 2 aromatic rings. The average molecular weight is 342 g/mol. The first-order valence-electron chi connectivity index (χ1n) is 6.08. The van der Waals surface area contributed by atoms with Crippen molar-refractivity contribution in [2.45, 2.75) is 20.1 Å². The summed E-state index contributed by atoms with van der Waals surface area (Å²) in [5.74, 6) is 0.155. The quantitative estimate of drug-likeness (QED) is 0.828. The SMILES string of the molecule is Cc1ccc(CNc2ccc(OC(F)F)cc2)c(Br)c1. The molecule has 0 unspecified atom stereocenters. The van der Waals surface area contributed by atoms with Crippen LogP contribution in [0.4, 0.5) is 14.5 Å². The van der Waals surface area contributed by atoms with Crippen LogP contribution in [0, 0.1) is 6.92 Å². The van der Waals surface area contributed by atoms with Crippen LogP contribution in [0.2, 0.25) is 0 Å². The molecule has 1 N–H and O–H groups in total. The Balaban J connectivity index is 1.96. The number of anilines is 1. The average Bonchev–Trinajstić information content (AvgIpc) is 2.39. The summed E-state index contributed by atoms with van der Waals surface area (Å²) >= 11 is 3.52. The normalized spacial score (nSPS) is 10.7. The van der Waals surface area contributed by atoms with Gasteiger partial charge in [-0.3, -0.25) is 0 Å². The largest absolute Gasteiger partial charge is 0.435 e. The molecule has 0 heterocycles. The van der Waals surface area contributed by atoms with Gasteiger partial charge in [0.15, 0.2) is 0 Å². The summed E-state index contributed by atoms with van der Waals surface area (Å²) < 4.78 is 29.4. The summed E-state index contributed by atoms with van der Waals surface area (Å²) in [5.41, 5.74) is 3.16. The molecular weight excluding hydrogens is 328 g/mol. The number of hydrogen-bond donors (Lipinski definition) is 1. The lowest BCUT2D eigenvalue weighted by Crippen LogP contribution is -2.03. The Bertz CT molecular complexity index is 573. The molecule has 106 valence electrons. The molecule has 0 aliphatic heterocycles. The zero-order chi connectivity index (χ0) is 14.5. The van der Waals surface area contributed by atoms with Crippen molar-refractivity contribution in [3.05, 3.63) is 58.1 Å². The van der Waals surface area contributed by atoms with E-state index in [9.17, 15) is 8.78 Å². The van der Waals surface area contributed by atoms with Gasteiger partial charge in [0.25, 0.3) is 0 Å². The van der Waals surface area contributed by atoms with Crippen molar-refractivity contribution in [2.24, 2.45) is 0 Å². The highest BCUT2D eigenvalue weighted by Crippen LogP contribution is 2.21. The predicted octanol–water partition coefficient (Wildman–Crippen LogP) is 4.97. The van der Waals surface area contributed by atoms with Crippen LogP contribution in [0.15, 0.2) is 46.9 Å². The fraction of sp³-hybridized carbons (Fsp3) is 0.200. The maximum atomic E-state index is 12.0. The Labute approximate surface area is 124 Å². The Morgan fingerprint density at radius 1 is 1.15 bits per heavy atom. The van der Waals surface area contributed by atoms with Crippen molar-refractivity contribution in [3.63, 3.8) is 0 Å². The minimum absolute atomic E-state index is 0.155. The van der Waals surface area contributed by atoms with Crippen molar-refractivity contribution in [2.75, 3.05) is 5.32 Å². The van der Waals surface area contributed by atoms with E-state index in [1.807, 2.05) is 19.1 Å². The molecule has 0 aliphatic rings. The van der Waals surface area contributed by atoms with E-state index in [1.54, 1.807) is 12.1 Å². The zero-order valence-electron chi connectivity index (χ0n) is 10.9. The number of benzene rings is 2. The van der Waals surface area contributed by atoms with Crippen LogP contribution in [0.5, 0.6) is 5.75 Å². The van der Waals surface area contributed by atoms with Crippen LogP contribution in [0.1, 0.15) is 11.1 Å². The highest BCUT2D eigenvalue weighted by Gasteiger charge is 2.04. The van der Waals surface area contributed by atoms with E-state index in [1.165, 1.54) is 17.7 Å². The molecule has 0 spiro atoms.